The van der Waals surface area contributed by atoms with E-state index in [9.17, 15) is 9.59 Å². The fraction of sp³-hybridized carbons (Fsp3) is 0.417. The van der Waals surface area contributed by atoms with Crippen molar-refractivity contribution in [3.63, 3.8) is 0 Å². The molecule has 0 heterocycles. The number of esters is 1. The van der Waals surface area contributed by atoms with Crippen LogP contribution in [0.3, 0.4) is 0 Å². The Morgan fingerprint density at radius 1 is 0.964 bits per heavy atom. The second-order valence-electron chi connectivity index (χ2n) is 8.17. The van der Waals surface area contributed by atoms with Gasteiger partial charge in [-0.25, -0.2) is 0 Å². The van der Waals surface area contributed by atoms with Crippen molar-refractivity contribution >= 4 is 17.6 Å². The number of rotatable bonds is 7. The minimum absolute atomic E-state index is 0.223. The maximum Gasteiger partial charge on any atom is 0.306 e. The van der Waals surface area contributed by atoms with Gasteiger partial charge in [-0.1, -0.05) is 55.0 Å². The predicted molar refractivity (Wildman–Crippen MR) is 109 cm³/mol. The molecule has 0 aromatic heterocycles. The normalized spacial score (nSPS) is 22.8. The van der Waals surface area contributed by atoms with E-state index in [2.05, 4.69) is 17.4 Å². The van der Waals surface area contributed by atoms with E-state index in [0.717, 1.165) is 30.0 Å². The van der Waals surface area contributed by atoms with Gasteiger partial charge in [0.25, 0.3) is 5.91 Å². The van der Waals surface area contributed by atoms with Gasteiger partial charge in [0, 0.05) is 12.1 Å². The van der Waals surface area contributed by atoms with E-state index >= 15 is 0 Å². The molecule has 2 bridgehead atoms. The Kier molecular flexibility index (Phi) is 5.75. The van der Waals surface area contributed by atoms with Crippen LogP contribution in [0.2, 0.25) is 0 Å². The fourth-order valence-corrected chi connectivity index (χ4v) is 4.84. The highest BCUT2D eigenvalue weighted by Gasteiger charge is 2.40. The summed E-state index contributed by atoms with van der Waals surface area (Å²) in [5.41, 5.74) is 2.98. The molecule has 4 nitrogen and oxygen atoms in total. The van der Waals surface area contributed by atoms with Gasteiger partial charge in [-0.2, -0.15) is 0 Å². The van der Waals surface area contributed by atoms with E-state index in [0.29, 0.717) is 18.3 Å². The molecule has 2 fully saturated rings. The Labute approximate surface area is 166 Å². The van der Waals surface area contributed by atoms with Crippen LogP contribution >= 0.6 is 0 Å². The molecule has 1 amide bonds. The molecule has 28 heavy (non-hydrogen) atoms. The molecule has 2 aliphatic carbocycles. The van der Waals surface area contributed by atoms with Gasteiger partial charge in [-0.05, 0) is 60.6 Å². The fourth-order valence-electron chi connectivity index (χ4n) is 4.84. The Balaban J connectivity index is 1.27. The van der Waals surface area contributed by atoms with E-state index in [1.807, 2.05) is 42.5 Å². The molecule has 3 atom stereocenters. The highest BCUT2D eigenvalue weighted by atomic mass is 16.5. The van der Waals surface area contributed by atoms with Gasteiger partial charge in [-0.15, -0.1) is 0 Å². The summed E-state index contributed by atoms with van der Waals surface area (Å²) in [6.45, 7) is -0.223. The zero-order valence-corrected chi connectivity index (χ0v) is 16.1. The third kappa shape index (κ3) is 4.61. The third-order valence-electron chi connectivity index (χ3n) is 6.21. The van der Waals surface area contributed by atoms with Crippen molar-refractivity contribution < 1.29 is 14.3 Å². The first-order valence-electron chi connectivity index (χ1n) is 10.2. The van der Waals surface area contributed by atoms with Crippen molar-refractivity contribution in [2.45, 2.75) is 38.5 Å². The molecule has 2 aromatic rings. The van der Waals surface area contributed by atoms with Gasteiger partial charge in [-0.3, -0.25) is 9.59 Å². The number of hydrogen-bond donors (Lipinski definition) is 1. The minimum atomic E-state index is -0.290. The lowest BCUT2D eigenvalue weighted by Gasteiger charge is -2.20. The summed E-state index contributed by atoms with van der Waals surface area (Å²) in [6, 6.07) is 17.9. The Morgan fingerprint density at radius 3 is 2.50 bits per heavy atom. The molecule has 1 N–H and O–H groups in total. The van der Waals surface area contributed by atoms with Gasteiger partial charge in [0.1, 0.15) is 0 Å². The maximum atomic E-state index is 12.3. The van der Waals surface area contributed by atoms with E-state index in [4.69, 9.17) is 4.74 Å². The topological polar surface area (TPSA) is 55.4 Å². The lowest BCUT2D eigenvalue weighted by Crippen LogP contribution is -2.23. The first-order chi connectivity index (χ1) is 13.7. The van der Waals surface area contributed by atoms with Crippen molar-refractivity contribution in [3.05, 3.63) is 65.7 Å². The number of carbonyl (C=O) groups excluding carboxylic acids is 2. The van der Waals surface area contributed by atoms with Crippen molar-refractivity contribution in [1.29, 1.82) is 0 Å². The van der Waals surface area contributed by atoms with Gasteiger partial charge in [0.05, 0.1) is 0 Å². The number of nitrogens with one attached hydrogen (secondary N) is 1. The molecule has 0 aliphatic heterocycles. The van der Waals surface area contributed by atoms with Crippen molar-refractivity contribution in [2.75, 3.05) is 11.9 Å². The number of ether oxygens (including phenoxy) is 1. The van der Waals surface area contributed by atoms with Gasteiger partial charge >= 0.3 is 5.97 Å². The molecule has 4 rings (SSSR count). The second-order valence-corrected chi connectivity index (χ2v) is 8.17. The molecule has 0 saturated heterocycles. The largest absolute Gasteiger partial charge is 0.456 e. The number of carbonyl (C=O) groups is 2. The highest BCUT2D eigenvalue weighted by molar-refractivity contribution is 5.93. The zero-order chi connectivity index (χ0) is 19.3. The maximum absolute atomic E-state index is 12.3. The van der Waals surface area contributed by atoms with Crippen molar-refractivity contribution in [1.82, 2.24) is 0 Å². The van der Waals surface area contributed by atoms with Gasteiger partial charge in [0.15, 0.2) is 6.61 Å². The van der Waals surface area contributed by atoms with Crippen molar-refractivity contribution in [3.8, 4) is 0 Å². The molecular weight excluding hydrogens is 350 g/mol. The molecule has 2 aliphatic rings. The minimum Gasteiger partial charge on any atom is -0.456 e. The molecule has 0 radical (unpaired) electrons. The van der Waals surface area contributed by atoms with E-state index < -0.39 is 0 Å². The summed E-state index contributed by atoms with van der Waals surface area (Å²) in [5.74, 6) is 1.43. The smallest absolute Gasteiger partial charge is 0.306 e. The van der Waals surface area contributed by atoms with E-state index in [1.54, 1.807) is 0 Å². The van der Waals surface area contributed by atoms with Crippen LogP contribution in [0, 0.1) is 17.8 Å². The molecule has 4 heteroatoms. The number of anilines is 1. The number of benzene rings is 2. The van der Waals surface area contributed by atoms with Gasteiger partial charge < -0.3 is 10.1 Å². The Bertz CT molecular complexity index is 833. The van der Waals surface area contributed by atoms with Crippen LogP contribution in [-0.2, 0) is 20.7 Å². The molecular formula is C24H27NO3. The Hall–Kier alpha value is -2.62. The number of fused-ring (bicyclic) bond motifs is 2. The average molecular weight is 377 g/mol. The van der Waals surface area contributed by atoms with Crippen LogP contribution in [0.4, 0.5) is 5.69 Å². The summed E-state index contributed by atoms with van der Waals surface area (Å²) in [6.07, 6.45) is 6.19. The average Bonchev–Trinajstić information content (AvgIpc) is 3.32. The van der Waals surface area contributed by atoms with Crippen molar-refractivity contribution in [2.24, 2.45) is 17.8 Å². The number of para-hydroxylation sites is 1. The SMILES string of the molecule is O=C(COC(=O)C[C@H]1C[C@H]2CC[C@H]1C2)Nc1ccccc1Cc1ccccc1. The van der Waals surface area contributed by atoms with Crippen LogP contribution in [0.25, 0.3) is 0 Å². The monoisotopic (exact) mass is 377 g/mol. The van der Waals surface area contributed by atoms with Crippen LogP contribution in [0.5, 0.6) is 0 Å². The zero-order valence-electron chi connectivity index (χ0n) is 16.1. The van der Waals surface area contributed by atoms with Gasteiger partial charge in [0.2, 0.25) is 0 Å². The summed E-state index contributed by atoms with van der Waals surface area (Å²) < 4.78 is 5.25. The second kappa shape index (κ2) is 8.59. The molecule has 2 aromatic carbocycles. The lowest BCUT2D eigenvalue weighted by atomic mass is 9.86. The lowest BCUT2D eigenvalue weighted by molar-refractivity contribution is -0.148. The van der Waals surface area contributed by atoms with E-state index in [-0.39, 0.29) is 18.5 Å². The van der Waals surface area contributed by atoms with Crippen LogP contribution in [-0.4, -0.2) is 18.5 Å². The van der Waals surface area contributed by atoms with Crippen LogP contribution in [0.1, 0.15) is 43.2 Å². The molecule has 0 spiro atoms. The van der Waals surface area contributed by atoms with Crippen LogP contribution in [0.15, 0.2) is 54.6 Å². The third-order valence-corrected chi connectivity index (χ3v) is 6.21. The summed E-state index contributed by atoms with van der Waals surface area (Å²) in [5, 5.41) is 2.89. The summed E-state index contributed by atoms with van der Waals surface area (Å²) >= 11 is 0. The quantitative estimate of drug-likeness (QED) is 0.718. The number of hydrogen-bond acceptors (Lipinski definition) is 3. The highest BCUT2D eigenvalue weighted by Crippen LogP contribution is 2.49. The summed E-state index contributed by atoms with van der Waals surface area (Å²) in [4.78, 5) is 24.4. The first-order valence-corrected chi connectivity index (χ1v) is 10.2. The first kappa shape index (κ1) is 18.7. The Morgan fingerprint density at radius 2 is 1.75 bits per heavy atom. The molecule has 146 valence electrons. The van der Waals surface area contributed by atoms with Crippen LogP contribution < -0.4 is 5.32 Å². The summed E-state index contributed by atoms with van der Waals surface area (Å²) in [7, 11) is 0. The predicted octanol–water partition coefficient (Wildman–Crippen LogP) is 4.59. The number of amides is 1. The van der Waals surface area contributed by atoms with E-state index in [1.165, 1.54) is 24.8 Å². The molecule has 2 saturated carbocycles. The molecule has 0 unspecified atom stereocenters. The standard InChI is InChI=1S/C24H27NO3/c26-23(16-28-24(27)15-21-14-18-10-11-19(21)13-18)25-22-9-5-4-8-20(22)12-17-6-2-1-3-7-17/h1-9,18-19,21H,10-16H2,(H,25,26)/t18-,19-,21+/m0/s1.